The molecule has 2 aliphatic rings. The van der Waals surface area contributed by atoms with Crippen molar-refractivity contribution in [1.82, 2.24) is 24.5 Å². The van der Waals surface area contributed by atoms with Gasteiger partial charge in [-0.2, -0.15) is 31.5 Å². The highest BCUT2D eigenvalue weighted by Crippen LogP contribution is 2.34. The van der Waals surface area contributed by atoms with Crippen molar-refractivity contribution in [2.75, 3.05) is 36.4 Å². The molecular weight excluding hydrogens is 585 g/mol. The van der Waals surface area contributed by atoms with Gasteiger partial charge < -0.3 is 20.1 Å². The number of hydrogen-bond donors (Lipinski definition) is 2. The fourth-order valence-electron chi connectivity index (χ4n) is 5.19. The molecule has 3 aromatic rings. The highest BCUT2D eigenvalue weighted by molar-refractivity contribution is 6.33. The van der Waals surface area contributed by atoms with E-state index in [2.05, 4.69) is 20.7 Å². The van der Waals surface area contributed by atoms with Gasteiger partial charge >= 0.3 is 6.18 Å². The Kier molecular flexibility index (Phi) is 8.37. The number of halogens is 6. The second-order valence-corrected chi connectivity index (χ2v) is 10.4. The minimum atomic E-state index is -4.60. The van der Waals surface area contributed by atoms with Crippen molar-refractivity contribution >= 4 is 40.2 Å². The van der Waals surface area contributed by atoms with E-state index in [1.54, 1.807) is 10.6 Å². The van der Waals surface area contributed by atoms with Gasteiger partial charge in [-0.3, -0.25) is 9.59 Å². The van der Waals surface area contributed by atoms with Gasteiger partial charge in [-0.15, -0.1) is 5.10 Å². The number of carbonyl (C=O) groups is 1. The molecule has 0 spiro atoms. The molecular formula is C27H27ClF5N7O2. The van der Waals surface area contributed by atoms with Gasteiger partial charge in [0.25, 0.3) is 11.6 Å². The third-order valence-electron chi connectivity index (χ3n) is 7.31. The lowest BCUT2D eigenvalue weighted by Crippen LogP contribution is -2.47. The zero-order valence-corrected chi connectivity index (χ0v) is 23.2. The van der Waals surface area contributed by atoms with Gasteiger partial charge in [0.1, 0.15) is 12.2 Å². The summed E-state index contributed by atoms with van der Waals surface area (Å²) >= 11 is 6.04. The van der Waals surface area contributed by atoms with Crippen molar-refractivity contribution in [3.63, 3.8) is 0 Å². The smallest absolute Gasteiger partial charge is 0.363 e. The van der Waals surface area contributed by atoms with Crippen LogP contribution < -0.4 is 21.1 Å². The summed E-state index contributed by atoms with van der Waals surface area (Å²) in [5.41, 5.74) is 0.163. The molecule has 1 aromatic carbocycles. The van der Waals surface area contributed by atoms with E-state index in [0.29, 0.717) is 49.6 Å². The second kappa shape index (κ2) is 11.8. The molecule has 5 rings (SSSR count). The van der Waals surface area contributed by atoms with Gasteiger partial charge in [-0.25, -0.2) is 0 Å². The predicted molar refractivity (Wildman–Crippen MR) is 148 cm³/mol. The molecule has 0 unspecified atom stereocenters. The lowest BCUT2D eigenvalue weighted by atomic mass is 9.95. The third-order valence-corrected chi connectivity index (χ3v) is 7.62. The number of rotatable bonds is 6. The molecule has 224 valence electrons. The molecule has 0 bridgehead atoms. The van der Waals surface area contributed by atoms with Gasteiger partial charge in [0.15, 0.2) is 5.82 Å². The number of aromatic nitrogens is 4. The Morgan fingerprint density at radius 1 is 1.17 bits per heavy atom. The molecule has 2 aromatic heterocycles. The Morgan fingerprint density at radius 2 is 1.90 bits per heavy atom. The Hall–Kier alpha value is -3.78. The van der Waals surface area contributed by atoms with Gasteiger partial charge in [-0.05, 0) is 55.0 Å². The van der Waals surface area contributed by atoms with Crippen LogP contribution in [0, 0.1) is 0 Å². The van der Waals surface area contributed by atoms with Gasteiger partial charge in [0.05, 0.1) is 22.0 Å². The van der Waals surface area contributed by atoms with E-state index in [-0.39, 0.29) is 53.7 Å². The van der Waals surface area contributed by atoms with Crippen molar-refractivity contribution in [3.8, 4) is 0 Å². The number of benzene rings is 1. The predicted octanol–water partition coefficient (Wildman–Crippen LogP) is 4.89. The van der Waals surface area contributed by atoms with Crippen molar-refractivity contribution < 1.29 is 26.7 Å². The molecule has 1 amide bonds. The number of hydrogen-bond acceptors (Lipinski definition) is 6. The average molecular weight is 612 g/mol. The van der Waals surface area contributed by atoms with E-state index >= 15 is 0 Å². The van der Waals surface area contributed by atoms with Crippen LogP contribution in [-0.2, 0) is 23.9 Å². The van der Waals surface area contributed by atoms with Crippen LogP contribution in [0.5, 0.6) is 0 Å². The Labute approximate surface area is 241 Å². The van der Waals surface area contributed by atoms with Crippen LogP contribution in [0.1, 0.15) is 43.3 Å². The summed E-state index contributed by atoms with van der Waals surface area (Å²) < 4.78 is 68.0. The van der Waals surface area contributed by atoms with Crippen LogP contribution in [0.2, 0.25) is 5.02 Å². The van der Waals surface area contributed by atoms with Crippen molar-refractivity contribution in [1.29, 1.82) is 0 Å². The fraction of sp³-hybridized carbons (Fsp3) is 0.407. The molecule has 1 aliphatic carbocycles. The van der Waals surface area contributed by atoms with Crippen LogP contribution >= 0.6 is 11.6 Å². The number of amides is 1. The SMILES string of the molecule is CCc1c(N2CCNCC2)c(=O)n2nc(C3=CCC(=C(F)F)CC3)nc2n1CC(=O)Nc1ccc(C(F)(F)F)cc1Cl. The maximum absolute atomic E-state index is 13.8. The van der Waals surface area contributed by atoms with Crippen LogP contribution in [0.4, 0.5) is 33.3 Å². The average Bonchev–Trinajstić information content (AvgIpc) is 3.41. The molecule has 0 atom stereocenters. The minimum Gasteiger partial charge on any atom is -0.363 e. The maximum Gasteiger partial charge on any atom is 0.416 e. The summed E-state index contributed by atoms with van der Waals surface area (Å²) in [6, 6.07) is 2.62. The van der Waals surface area contributed by atoms with E-state index in [1.807, 2.05) is 11.8 Å². The number of anilines is 2. The zero-order chi connectivity index (χ0) is 30.2. The van der Waals surface area contributed by atoms with Crippen LogP contribution in [-0.4, -0.2) is 51.3 Å². The Bertz CT molecular complexity index is 1650. The van der Waals surface area contributed by atoms with Gasteiger partial charge in [-0.1, -0.05) is 24.6 Å². The van der Waals surface area contributed by atoms with Crippen molar-refractivity contribution in [2.24, 2.45) is 0 Å². The van der Waals surface area contributed by atoms with E-state index in [1.165, 1.54) is 0 Å². The first-order valence-corrected chi connectivity index (χ1v) is 13.7. The first-order chi connectivity index (χ1) is 20.0. The summed E-state index contributed by atoms with van der Waals surface area (Å²) in [6.07, 6.45) is -3.90. The Balaban J connectivity index is 1.57. The lowest BCUT2D eigenvalue weighted by molar-refractivity contribution is -0.137. The molecule has 1 aliphatic heterocycles. The monoisotopic (exact) mass is 611 g/mol. The molecule has 15 heteroatoms. The molecule has 2 N–H and O–H groups in total. The topological polar surface area (TPSA) is 96.6 Å². The number of alkyl halides is 3. The van der Waals surface area contributed by atoms with E-state index in [0.717, 1.165) is 22.7 Å². The quantitative estimate of drug-likeness (QED) is 0.386. The minimum absolute atomic E-state index is 0.00872. The number of carbonyl (C=O) groups excluding carboxylic acids is 1. The number of fused-ring (bicyclic) bond motifs is 1. The summed E-state index contributed by atoms with van der Waals surface area (Å²) in [5.74, 6) is -0.332. The highest BCUT2D eigenvalue weighted by atomic mass is 35.5. The molecule has 42 heavy (non-hydrogen) atoms. The summed E-state index contributed by atoms with van der Waals surface area (Å²) in [5, 5.41) is 9.93. The Morgan fingerprint density at radius 3 is 2.50 bits per heavy atom. The molecule has 9 nitrogen and oxygen atoms in total. The van der Waals surface area contributed by atoms with Crippen molar-refractivity contribution in [3.05, 3.63) is 68.4 Å². The highest BCUT2D eigenvalue weighted by Gasteiger charge is 2.31. The molecule has 0 radical (unpaired) electrons. The summed E-state index contributed by atoms with van der Waals surface area (Å²) in [4.78, 5) is 33.5. The normalized spacial score (nSPS) is 16.1. The number of nitrogens with zero attached hydrogens (tertiary/aromatic N) is 5. The van der Waals surface area contributed by atoms with E-state index < -0.39 is 29.3 Å². The van der Waals surface area contributed by atoms with Crippen LogP contribution in [0.25, 0.3) is 11.4 Å². The first kappa shape index (κ1) is 29.7. The number of nitrogens with one attached hydrogen (secondary N) is 2. The largest absolute Gasteiger partial charge is 0.416 e. The summed E-state index contributed by atoms with van der Waals surface area (Å²) in [7, 11) is 0. The van der Waals surface area contributed by atoms with E-state index in [9.17, 15) is 31.5 Å². The maximum atomic E-state index is 13.8. The zero-order valence-electron chi connectivity index (χ0n) is 22.5. The molecule has 3 heterocycles. The molecule has 0 saturated carbocycles. The standard InChI is InChI=1S/C27H27ClF5N7O2/c1-2-20-22(38-11-9-34-10-12-38)25(42)40-26(36-24(37-40)16-5-3-15(4-6-16)23(29)30)39(20)14-21(41)35-19-8-7-17(13-18(19)28)27(31,32)33/h5,7-8,13,34H,2-4,6,9-12,14H2,1H3,(H,35,41). The van der Waals surface area contributed by atoms with Crippen LogP contribution in [0.3, 0.4) is 0 Å². The van der Waals surface area contributed by atoms with Crippen LogP contribution in [0.15, 0.2) is 40.7 Å². The lowest BCUT2D eigenvalue weighted by Gasteiger charge is -2.31. The second-order valence-electron chi connectivity index (χ2n) is 9.96. The molecule has 1 fully saturated rings. The van der Waals surface area contributed by atoms with E-state index in [4.69, 9.17) is 11.6 Å². The third kappa shape index (κ3) is 5.91. The summed E-state index contributed by atoms with van der Waals surface area (Å²) in [6.45, 7) is 3.85. The van der Waals surface area contributed by atoms with Gasteiger partial charge in [0.2, 0.25) is 11.7 Å². The fourth-order valence-corrected chi connectivity index (χ4v) is 5.42. The van der Waals surface area contributed by atoms with Gasteiger partial charge in [0, 0.05) is 26.2 Å². The number of allylic oxidation sites excluding steroid dienone is 3. The first-order valence-electron chi connectivity index (χ1n) is 13.3. The number of piperazine rings is 1. The van der Waals surface area contributed by atoms with Crippen molar-refractivity contribution in [2.45, 2.75) is 45.3 Å². The molecule has 1 saturated heterocycles.